The minimum Gasteiger partial charge on any atom is -0.545 e. The zero-order valence-electron chi connectivity index (χ0n) is 13.0. The number of aryl methyl sites for hydroxylation is 1. The lowest BCUT2D eigenvalue weighted by atomic mass is 9.76. The van der Waals surface area contributed by atoms with Gasteiger partial charge in [-0.25, -0.2) is 0 Å². The van der Waals surface area contributed by atoms with Gasteiger partial charge in [0, 0.05) is 11.6 Å². The van der Waals surface area contributed by atoms with Crippen LogP contribution in [-0.2, 0) is 0 Å². The molecule has 3 atom stereocenters. The van der Waals surface area contributed by atoms with E-state index in [2.05, 4.69) is 48.7 Å². The summed E-state index contributed by atoms with van der Waals surface area (Å²) >= 11 is 0. The Labute approximate surface area is 135 Å². The number of carboxylic acid groups (broad SMARTS) is 1. The van der Waals surface area contributed by atoms with E-state index in [4.69, 9.17) is 0 Å². The molecule has 2 aliphatic rings. The number of carbonyl (C=O) groups excluding carboxylic acids is 1. The Balaban J connectivity index is 1.77. The average molecular weight is 304 g/mol. The van der Waals surface area contributed by atoms with E-state index in [0.29, 0.717) is 5.92 Å². The lowest BCUT2D eigenvalue weighted by Gasteiger charge is -2.38. The standard InChI is InChI=1S/C20H19NO2/c1-12-5-7-13(8-6-12)19-16-4-2-3-15(16)17-11-14(20(22)23)9-10-18(17)21-19/h2-3,5-11,15-16,19,21H,4H2,1H3,(H,22,23)/p-1/t15-,16-,19-/m0/s1. The molecule has 0 fully saturated rings. The third-order valence-corrected chi connectivity index (χ3v) is 5.03. The van der Waals surface area contributed by atoms with Gasteiger partial charge in [0.2, 0.25) is 0 Å². The maximum absolute atomic E-state index is 11.1. The average Bonchev–Trinajstić information content (AvgIpc) is 3.04. The quantitative estimate of drug-likeness (QED) is 0.867. The minimum atomic E-state index is -1.12. The molecule has 0 spiro atoms. The highest BCUT2D eigenvalue weighted by atomic mass is 16.4. The summed E-state index contributed by atoms with van der Waals surface area (Å²) in [4.78, 5) is 11.1. The van der Waals surface area contributed by atoms with Crippen LogP contribution in [0.5, 0.6) is 0 Å². The maximum Gasteiger partial charge on any atom is 0.0715 e. The highest BCUT2D eigenvalue weighted by Crippen LogP contribution is 2.49. The second kappa shape index (κ2) is 5.27. The van der Waals surface area contributed by atoms with E-state index in [-0.39, 0.29) is 17.5 Å². The summed E-state index contributed by atoms with van der Waals surface area (Å²) in [5.41, 5.74) is 4.87. The Kier molecular flexibility index (Phi) is 3.22. The minimum absolute atomic E-state index is 0.247. The largest absolute Gasteiger partial charge is 0.545 e. The van der Waals surface area contributed by atoms with E-state index in [1.165, 1.54) is 11.1 Å². The molecule has 2 aromatic rings. The van der Waals surface area contributed by atoms with Crippen molar-refractivity contribution >= 4 is 11.7 Å². The van der Waals surface area contributed by atoms with E-state index in [9.17, 15) is 9.90 Å². The van der Waals surface area contributed by atoms with E-state index in [1.54, 1.807) is 12.1 Å². The van der Waals surface area contributed by atoms with Crippen LogP contribution in [0.25, 0.3) is 0 Å². The summed E-state index contributed by atoms with van der Waals surface area (Å²) in [6.45, 7) is 2.09. The number of aromatic carboxylic acids is 1. The summed E-state index contributed by atoms with van der Waals surface area (Å²) in [5.74, 6) is -0.439. The van der Waals surface area contributed by atoms with Crippen molar-refractivity contribution in [2.75, 3.05) is 5.32 Å². The molecule has 0 amide bonds. The first-order valence-corrected chi connectivity index (χ1v) is 7.98. The Hall–Kier alpha value is -2.55. The Morgan fingerprint density at radius 2 is 1.96 bits per heavy atom. The molecule has 1 aliphatic heterocycles. The predicted octanol–water partition coefficient (Wildman–Crippen LogP) is 3.19. The molecule has 0 saturated carbocycles. The molecule has 4 rings (SSSR count). The summed E-state index contributed by atoms with van der Waals surface area (Å²) < 4.78 is 0. The number of benzene rings is 2. The molecule has 1 N–H and O–H groups in total. The highest BCUT2D eigenvalue weighted by molar-refractivity contribution is 5.87. The first kappa shape index (κ1) is 14.1. The van der Waals surface area contributed by atoms with Gasteiger partial charge in [-0.2, -0.15) is 0 Å². The smallest absolute Gasteiger partial charge is 0.0715 e. The van der Waals surface area contributed by atoms with Crippen molar-refractivity contribution in [2.24, 2.45) is 5.92 Å². The van der Waals surface area contributed by atoms with Gasteiger partial charge in [-0.1, -0.05) is 48.0 Å². The van der Waals surface area contributed by atoms with E-state index < -0.39 is 5.97 Å². The fraction of sp³-hybridized carbons (Fsp3) is 0.250. The molecular formula is C20H18NO2-. The first-order chi connectivity index (χ1) is 11.1. The molecule has 0 radical (unpaired) electrons. The van der Waals surface area contributed by atoms with Crippen LogP contribution in [0.2, 0.25) is 0 Å². The zero-order chi connectivity index (χ0) is 16.0. The molecule has 0 bridgehead atoms. The van der Waals surface area contributed by atoms with Crippen molar-refractivity contribution < 1.29 is 9.90 Å². The van der Waals surface area contributed by atoms with Crippen LogP contribution in [0.3, 0.4) is 0 Å². The van der Waals surface area contributed by atoms with Crippen molar-refractivity contribution in [2.45, 2.75) is 25.3 Å². The fourth-order valence-corrected chi connectivity index (χ4v) is 3.83. The van der Waals surface area contributed by atoms with Crippen LogP contribution >= 0.6 is 0 Å². The monoisotopic (exact) mass is 304 g/mol. The number of carbonyl (C=O) groups is 1. The van der Waals surface area contributed by atoms with Gasteiger partial charge in [0.25, 0.3) is 0 Å². The molecule has 3 nitrogen and oxygen atoms in total. The maximum atomic E-state index is 11.1. The summed E-state index contributed by atoms with van der Waals surface area (Å²) in [6, 6.07) is 14.1. The van der Waals surface area contributed by atoms with Gasteiger partial charge in [-0.15, -0.1) is 0 Å². The van der Waals surface area contributed by atoms with E-state index in [0.717, 1.165) is 17.7 Å². The van der Waals surface area contributed by atoms with Gasteiger partial charge < -0.3 is 15.2 Å². The molecule has 0 saturated heterocycles. The molecule has 2 aromatic carbocycles. The lowest BCUT2D eigenvalue weighted by molar-refractivity contribution is -0.255. The summed E-state index contributed by atoms with van der Waals surface area (Å²) in [6.07, 6.45) is 5.43. The van der Waals surface area contributed by atoms with Crippen LogP contribution in [-0.4, -0.2) is 5.97 Å². The van der Waals surface area contributed by atoms with Crippen molar-refractivity contribution in [1.82, 2.24) is 0 Å². The SMILES string of the molecule is Cc1ccc([C@@H]2Nc3ccc(C(=O)[O-])cc3[C@H]3C=CC[C@@H]32)cc1. The number of hydrogen-bond donors (Lipinski definition) is 1. The number of nitrogens with one attached hydrogen (secondary N) is 1. The Morgan fingerprint density at radius 3 is 2.70 bits per heavy atom. The third kappa shape index (κ3) is 2.33. The Morgan fingerprint density at radius 1 is 1.17 bits per heavy atom. The van der Waals surface area contributed by atoms with Gasteiger partial charge >= 0.3 is 0 Å². The van der Waals surface area contributed by atoms with Crippen molar-refractivity contribution in [3.05, 3.63) is 76.9 Å². The van der Waals surface area contributed by atoms with Gasteiger partial charge in [0.15, 0.2) is 0 Å². The van der Waals surface area contributed by atoms with Crippen LogP contribution < -0.4 is 10.4 Å². The van der Waals surface area contributed by atoms with Gasteiger partial charge in [-0.05, 0) is 48.1 Å². The number of allylic oxidation sites excluding steroid dienone is 2. The number of carboxylic acids is 1. The highest BCUT2D eigenvalue weighted by Gasteiger charge is 2.37. The molecule has 116 valence electrons. The topological polar surface area (TPSA) is 52.2 Å². The molecule has 0 unspecified atom stereocenters. The van der Waals surface area contributed by atoms with Gasteiger partial charge in [0.05, 0.1) is 12.0 Å². The fourth-order valence-electron chi connectivity index (χ4n) is 3.83. The van der Waals surface area contributed by atoms with E-state index >= 15 is 0 Å². The summed E-state index contributed by atoms with van der Waals surface area (Å²) in [7, 11) is 0. The molecular weight excluding hydrogens is 286 g/mol. The second-order valence-corrected chi connectivity index (χ2v) is 6.48. The van der Waals surface area contributed by atoms with Crippen molar-refractivity contribution in [3.8, 4) is 0 Å². The second-order valence-electron chi connectivity index (χ2n) is 6.48. The van der Waals surface area contributed by atoms with Crippen molar-refractivity contribution in [1.29, 1.82) is 0 Å². The van der Waals surface area contributed by atoms with Crippen LogP contribution in [0.4, 0.5) is 5.69 Å². The zero-order valence-corrected chi connectivity index (χ0v) is 13.0. The molecule has 1 heterocycles. The molecule has 23 heavy (non-hydrogen) atoms. The normalized spacial score (nSPS) is 24.7. The van der Waals surface area contributed by atoms with E-state index in [1.807, 2.05) is 6.07 Å². The van der Waals surface area contributed by atoms with Crippen LogP contribution in [0.15, 0.2) is 54.6 Å². The van der Waals surface area contributed by atoms with Gasteiger partial charge in [-0.3, -0.25) is 0 Å². The van der Waals surface area contributed by atoms with Gasteiger partial charge in [0.1, 0.15) is 0 Å². The first-order valence-electron chi connectivity index (χ1n) is 7.98. The van der Waals surface area contributed by atoms with Crippen LogP contribution in [0, 0.1) is 12.8 Å². The predicted molar refractivity (Wildman–Crippen MR) is 88.3 cm³/mol. The molecule has 0 aromatic heterocycles. The molecule has 1 aliphatic carbocycles. The summed E-state index contributed by atoms with van der Waals surface area (Å²) in [5, 5.41) is 14.8. The number of anilines is 1. The number of fused-ring (bicyclic) bond motifs is 3. The third-order valence-electron chi connectivity index (χ3n) is 5.03. The number of rotatable bonds is 2. The van der Waals surface area contributed by atoms with Crippen molar-refractivity contribution in [3.63, 3.8) is 0 Å². The number of hydrogen-bond acceptors (Lipinski definition) is 3. The Bertz CT molecular complexity index is 792. The lowest BCUT2D eigenvalue weighted by Crippen LogP contribution is -2.30. The van der Waals surface area contributed by atoms with Crippen LogP contribution in [0.1, 0.15) is 45.4 Å². The molecule has 3 heteroatoms.